The summed E-state index contributed by atoms with van der Waals surface area (Å²) in [4.78, 5) is 12.0. The first-order chi connectivity index (χ1) is 21.1. The molecule has 0 saturated carbocycles. The molecular weight excluding hydrogens is 574 g/mol. The normalized spacial score (nSPS) is 23.4. The molecule has 224 valence electrons. The summed E-state index contributed by atoms with van der Waals surface area (Å²) < 4.78 is 25.7. The van der Waals surface area contributed by atoms with E-state index >= 15 is 0 Å². The molecule has 0 spiro atoms. The number of sulfone groups is 1. The Morgan fingerprint density at radius 1 is 1.11 bits per heavy atom. The van der Waals surface area contributed by atoms with Crippen molar-refractivity contribution in [3.05, 3.63) is 96.6 Å². The molecule has 3 unspecified atom stereocenters. The molecule has 10 nitrogen and oxygen atoms in total. The fourth-order valence-electron chi connectivity index (χ4n) is 6.56. The zero-order chi connectivity index (χ0) is 30.6. The Hall–Kier alpha value is -4.50. The number of rotatable bonds is 6. The van der Waals surface area contributed by atoms with Crippen LogP contribution in [0.4, 0.5) is 11.5 Å². The Balaban J connectivity index is 1.12. The lowest BCUT2D eigenvalue weighted by atomic mass is 9.86. The van der Waals surface area contributed by atoms with Gasteiger partial charge in [-0.05, 0) is 55.3 Å². The molecule has 1 N–H and O–H groups in total. The quantitative estimate of drug-likeness (QED) is 0.349. The maximum Gasteiger partial charge on any atom is 0.175 e. The molecule has 1 aromatic carbocycles. The highest BCUT2D eigenvalue weighted by Gasteiger charge is 2.44. The minimum absolute atomic E-state index is 0.360. The number of nitriles is 1. The van der Waals surface area contributed by atoms with Gasteiger partial charge in [-0.25, -0.2) is 17.9 Å². The van der Waals surface area contributed by atoms with Crippen molar-refractivity contribution in [1.82, 2.24) is 19.5 Å². The summed E-state index contributed by atoms with van der Waals surface area (Å²) in [5, 5.41) is 25.0. The first kappa shape index (κ1) is 28.3. The Kier molecular flexibility index (Phi) is 6.81. The number of nitrogens with zero attached hydrogens (tertiary/aromatic N) is 7. The van der Waals surface area contributed by atoms with Crippen LogP contribution in [-0.4, -0.2) is 76.6 Å². The summed E-state index contributed by atoms with van der Waals surface area (Å²) >= 11 is 0. The van der Waals surface area contributed by atoms with Gasteiger partial charge in [-0.2, -0.15) is 10.4 Å². The molecule has 11 heteroatoms. The van der Waals surface area contributed by atoms with Crippen molar-refractivity contribution in [3.63, 3.8) is 0 Å². The van der Waals surface area contributed by atoms with Crippen LogP contribution in [0.1, 0.15) is 24.5 Å². The Bertz CT molecular complexity index is 1950. The van der Waals surface area contributed by atoms with E-state index in [9.17, 15) is 18.8 Å². The second kappa shape index (κ2) is 10.6. The van der Waals surface area contributed by atoms with E-state index in [0.29, 0.717) is 34.6 Å². The first-order valence-electron chi connectivity index (χ1n) is 14.6. The summed E-state index contributed by atoms with van der Waals surface area (Å²) in [6.07, 6.45) is 15.1. The third-order valence-electron chi connectivity index (χ3n) is 8.79. The summed E-state index contributed by atoms with van der Waals surface area (Å²) in [5.41, 5.74) is 3.75. The Morgan fingerprint density at radius 3 is 2.66 bits per heavy atom. The highest BCUT2D eigenvalue weighted by molar-refractivity contribution is 7.90. The second-order valence-electron chi connectivity index (χ2n) is 12.2. The van der Waals surface area contributed by atoms with Crippen molar-refractivity contribution >= 4 is 26.9 Å². The molecule has 3 fully saturated rings. The van der Waals surface area contributed by atoms with Crippen LogP contribution in [0.15, 0.2) is 90.4 Å². The van der Waals surface area contributed by atoms with Gasteiger partial charge in [0.25, 0.3) is 0 Å². The number of benzene rings is 1. The number of piperidine rings is 1. The molecule has 3 aromatic heterocycles. The fraction of sp³-hybridized carbons (Fsp3) is 0.303. The van der Waals surface area contributed by atoms with Crippen molar-refractivity contribution in [1.29, 1.82) is 5.26 Å². The average Bonchev–Trinajstić information content (AvgIpc) is 3.34. The fourth-order valence-corrected chi connectivity index (χ4v) is 7.25. The predicted molar refractivity (Wildman–Crippen MR) is 169 cm³/mol. The number of aliphatic hydroxyl groups is 1. The number of anilines is 2. The Labute approximate surface area is 256 Å². The molecule has 4 aliphatic rings. The number of aromatic nitrogens is 3. The number of pyridine rings is 2. The molecule has 2 bridgehead atoms. The maximum atomic E-state index is 12.0. The molecular formula is C33H33N7O3S. The minimum Gasteiger partial charge on any atom is -0.384 e. The van der Waals surface area contributed by atoms with Gasteiger partial charge in [-0.1, -0.05) is 24.3 Å². The lowest BCUT2D eigenvalue weighted by Crippen LogP contribution is -2.68. The van der Waals surface area contributed by atoms with Gasteiger partial charge in [-0.15, -0.1) is 0 Å². The minimum atomic E-state index is -3.24. The van der Waals surface area contributed by atoms with Gasteiger partial charge in [0.05, 0.1) is 46.2 Å². The maximum absolute atomic E-state index is 12.0. The van der Waals surface area contributed by atoms with E-state index in [1.54, 1.807) is 35.8 Å². The number of allylic oxidation sites excluding steroid dienone is 2. The van der Waals surface area contributed by atoms with Crippen LogP contribution in [0.5, 0.6) is 0 Å². The summed E-state index contributed by atoms with van der Waals surface area (Å²) in [7, 11) is -3.24. The average molecular weight is 608 g/mol. The zero-order valence-electron chi connectivity index (χ0n) is 24.6. The van der Waals surface area contributed by atoms with Crippen molar-refractivity contribution in [2.45, 2.75) is 42.5 Å². The lowest BCUT2D eigenvalue weighted by Gasteiger charge is -2.56. The van der Waals surface area contributed by atoms with E-state index < -0.39 is 15.4 Å². The number of piperazine rings is 1. The van der Waals surface area contributed by atoms with Crippen molar-refractivity contribution < 1.29 is 13.5 Å². The largest absolute Gasteiger partial charge is 0.384 e. The van der Waals surface area contributed by atoms with E-state index in [1.807, 2.05) is 66.0 Å². The molecule has 4 aliphatic heterocycles. The second-order valence-corrected chi connectivity index (χ2v) is 14.2. The van der Waals surface area contributed by atoms with Crippen molar-refractivity contribution in [2.75, 3.05) is 35.7 Å². The molecule has 0 amide bonds. The molecule has 3 saturated heterocycles. The van der Waals surface area contributed by atoms with E-state index in [2.05, 4.69) is 21.0 Å². The molecule has 3 atom stereocenters. The van der Waals surface area contributed by atoms with Crippen LogP contribution >= 0.6 is 0 Å². The SMILES string of the molecule is CC1(O)C=CC=CN(c2cc(-c3ccc(N4CC5CC(C4)N5Cc4cccc(S(C)(=O)=O)c4)nc3)c3c(C#N)cnn3c2)C1. The standard InChI is InChI=1S/C33H33N7O3S/c1-33(41)10-3-4-11-37(22-33)26-14-30(32-25(15-34)17-36-40(32)21-26)24-8-9-31(35-16-24)38-19-27-13-28(20-38)39(27)18-23-6-5-7-29(12-23)44(2,42)43/h3-12,14,16-17,21,27-28,41H,13,18-20,22H2,1-2H3. The van der Waals surface area contributed by atoms with Gasteiger partial charge in [-0.3, -0.25) is 4.90 Å². The molecule has 4 aromatic rings. The van der Waals surface area contributed by atoms with Crippen LogP contribution < -0.4 is 9.80 Å². The van der Waals surface area contributed by atoms with Gasteiger partial charge in [0.15, 0.2) is 9.84 Å². The summed E-state index contributed by atoms with van der Waals surface area (Å²) in [6.45, 7) is 4.57. The van der Waals surface area contributed by atoms with Gasteiger partial charge in [0, 0.05) is 61.5 Å². The van der Waals surface area contributed by atoms with Gasteiger partial charge >= 0.3 is 0 Å². The molecule has 7 heterocycles. The topological polar surface area (TPSA) is 118 Å². The van der Waals surface area contributed by atoms with Crippen LogP contribution in [0.3, 0.4) is 0 Å². The number of fused-ring (bicyclic) bond motifs is 3. The first-order valence-corrected chi connectivity index (χ1v) is 16.5. The summed E-state index contributed by atoms with van der Waals surface area (Å²) in [6, 6.07) is 16.4. The third-order valence-corrected chi connectivity index (χ3v) is 9.90. The van der Waals surface area contributed by atoms with Crippen molar-refractivity contribution in [3.8, 4) is 17.2 Å². The molecule has 0 radical (unpaired) electrons. The van der Waals surface area contributed by atoms with Gasteiger partial charge in [0.1, 0.15) is 11.9 Å². The van der Waals surface area contributed by atoms with Crippen LogP contribution in [-0.2, 0) is 16.4 Å². The molecule has 8 rings (SSSR count). The number of β-amino-alcohol motifs (C(OH)–C–C–N with tert-alkyl or cyclic N) is 1. The Morgan fingerprint density at radius 2 is 1.93 bits per heavy atom. The van der Waals surface area contributed by atoms with E-state index in [1.165, 1.54) is 6.26 Å². The highest BCUT2D eigenvalue weighted by atomic mass is 32.2. The van der Waals surface area contributed by atoms with E-state index in [0.717, 1.165) is 54.3 Å². The van der Waals surface area contributed by atoms with Crippen molar-refractivity contribution in [2.24, 2.45) is 0 Å². The summed E-state index contributed by atoms with van der Waals surface area (Å²) in [5.74, 6) is 0.904. The monoisotopic (exact) mass is 607 g/mol. The molecule has 0 aliphatic carbocycles. The third kappa shape index (κ3) is 5.26. The van der Waals surface area contributed by atoms with Gasteiger partial charge in [0.2, 0.25) is 0 Å². The van der Waals surface area contributed by atoms with Gasteiger partial charge < -0.3 is 14.9 Å². The number of hydrogen-bond acceptors (Lipinski definition) is 9. The van der Waals surface area contributed by atoms with E-state index in [4.69, 9.17) is 4.98 Å². The number of hydrogen-bond donors (Lipinski definition) is 1. The molecule has 44 heavy (non-hydrogen) atoms. The van der Waals surface area contributed by atoms with Crippen LogP contribution in [0.25, 0.3) is 16.6 Å². The van der Waals surface area contributed by atoms with Crippen LogP contribution in [0.2, 0.25) is 0 Å². The van der Waals surface area contributed by atoms with E-state index in [-0.39, 0.29) is 0 Å². The smallest absolute Gasteiger partial charge is 0.175 e. The van der Waals surface area contributed by atoms with Crippen LogP contribution in [0, 0.1) is 11.3 Å². The zero-order valence-corrected chi connectivity index (χ0v) is 25.4. The predicted octanol–water partition coefficient (Wildman–Crippen LogP) is 3.78. The highest BCUT2D eigenvalue weighted by Crippen LogP contribution is 2.37. The lowest BCUT2D eigenvalue weighted by molar-refractivity contribution is -0.00872.